The van der Waals surface area contributed by atoms with Crippen LogP contribution in [0.25, 0.3) is 5.57 Å². The van der Waals surface area contributed by atoms with Crippen molar-refractivity contribution in [2.24, 2.45) is 11.3 Å². The van der Waals surface area contributed by atoms with Crippen LogP contribution in [0.4, 0.5) is 11.6 Å². The summed E-state index contributed by atoms with van der Waals surface area (Å²) in [4.78, 5) is 9.33. The molecule has 4 rings (SSSR count). The molecule has 0 amide bonds. The van der Waals surface area contributed by atoms with Gasteiger partial charge in [-0.3, -0.25) is 4.68 Å². The SMILES string of the molecule is C=C1NC[C@](C)(CO[Si](C)(C)C(C)(C)C)/C1=C/C(=C\CC#N)c1ccnc(Nc2cn(CC3CCOCC3)nc2C)n1. The maximum absolute atomic E-state index is 9.41. The minimum absolute atomic E-state index is 0.123. The molecule has 0 aliphatic carbocycles. The van der Waals surface area contributed by atoms with Gasteiger partial charge in [0.15, 0.2) is 8.32 Å². The fraction of sp³-hybridized carbons (Fsp3) is 0.562. The predicted octanol–water partition coefficient (Wildman–Crippen LogP) is 6.52. The largest absolute Gasteiger partial charge is 0.416 e. The van der Waals surface area contributed by atoms with Crippen LogP contribution in [0.5, 0.6) is 0 Å². The third kappa shape index (κ3) is 7.57. The molecule has 9 nitrogen and oxygen atoms in total. The number of ether oxygens (including phenoxy) is 1. The first-order chi connectivity index (χ1) is 19.8. The molecule has 0 unspecified atom stereocenters. The highest BCUT2D eigenvalue weighted by Crippen LogP contribution is 2.42. The Kier molecular flexibility index (Phi) is 9.76. The van der Waals surface area contributed by atoms with Gasteiger partial charge >= 0.3 is 0 Å². The predicted molar refractivity (Wildman–Crippen MR) is 171 cm³/mol. The molecule has 2 fully saturated rings. The number of rotatable bonds is 10. The van der Waals surface area contributed by atoms with E-state index in [-0.39, 0.29) is 16.9 Å². The molecule has 1 atom stereocenters. The molecule has 2 aliphatic heterocycles. The molecule has 226 valence electrons. The Bertz CT molecular complexity index is 1380. The van der Waals surface area contributed by atoms with Gasteiger partial charge in [0.1, 0.15) is 0 Å². The first-order valence-corrected chi connectivity index (χ1v) is 17.8. The van der Waals surface area contributed by atoms with Crippen LogP contribution < -0.4 is 10.6 Å². The molecular weight excluding hydrogens is 542 g/mol. The molecule has 0 saturated carbocycles. The Morgan fingerprint density at radius 1 is 1.36 bits per heavy atom. The Hall–Kier alpha value is -3.26. The third-order valence-electron chi connectivity index (χ3n) is 8.87. The molecule has 4 heterocycles. The number of allylic oxidation sites excluding steroid dienone is 4. The summed E-state index contributed by atoms with van der Waals surface area (Å²) in [7, 11) is -1.94. The summed E-state index contributed by atoms with van der Waals surface area (Å²) < 4.78 is 14.2. The fourth-order valence-corrected chi connectivity index (χ4v) is 6.09. The lowest BCUT2D eigenvalue weighted by atomic mass is 9.83. The number of anilines is 2. The van der Waals surface area contributed by atoms with Crippen molar-refractivity contribution in [2.45, 2.75) is 78.6 Å². The highest BCUT2D eigenvalue weighted by Gasteiger charge is 2.42. The summed E-state index contributed by atoms with van der Waals surface area (Å²) in [6, 6.07) is 4.12. The maximum atomic E-state index is 9.41. The van der Waals surface area contributed by atoms with E-state index in [9.17, 15) is 5.26 Å². The molecule has 2 aliphatic rings. The lowest BCUT2D eigenvalue weighted by Crippen LogP contribution is -2.44. The molecule has 0 radical (unpaired) electrons. The Morgan fingerprint density at radius 2 is 2.10 bits per heavy atom. The van der Waals surface area contributed by atoms with Crippen LogP contribution in [0.15, 0.2) is 48.5 Å². The van der Waals surface area contributed by atoms with Gasteiger partial charge in [-0.1, -0.05) is 40.3 Å². The standard InChI is InChI=1S/C32H47N7O2Si/c1-23-27(32(6,21-35-23)22-41-42(7,8)31(3,4)5)18-26(10-9-14-33)28-11-15-34-30(36-28)37-29-20-39(38-24(29)2)19-25-12-16-40-17-13-25/h10-11,15,18,20,25,35H,1,9,12-13,16-17,19,21-22H2,2-8H3,(H,34,36,37)/b26-10+,27-18+/t32-/m1/s1. The average molecular weight is 590 g/mol. The van der Waals surface area contributed by atoms with Crippen molar-refractivity contribution in [3.8, 4) is 6.07 Å². The van der Waals surface area contributed by atoms with Crippen LogP contribution in [0.1, 0.15) is 58.3 Å². The van der Waals surface area contributed by atoms with Gasteiger partial charge < -0.3 is 19.8 Å². The molecular formula is C32H47N7O2Si. The summed E-state index contributed by atoms with van der Waals surface area (Å²) in [6.07, 6.45) is 10.2. The van der Waals surface area contributed by atoms with Crippen molar-refractivity contribution in [1.82, 2.24) is 25.1 Å². The molecule has 10 heteroatoms. The van der Waals surface area contributed by atoms with Crippen molar-refractivity contribution in [1.29, 1.82) is 5.26 Å². The molecule has 0 aromatic carbocycles. The van der Waals surface area contributed by atoms with E-state index in [1.54, 1.807) is 6.20 Å². The van der Waals surface area contributed by atoms with E-state index < -0.39 is 8.32 Å². The number of nitrogens with zero attached hydrogens (tertiary/aromatic N) is 5. The van der Waals surface area contributed by atoms with Crippen molar-refractivity contribution in [2.75, 3.05) is 31.7 Å². The number of aryl methyl sites for hydroxylation is 1. The zero-order valence-corrected chi connectivity index (χ0v) is 27.4. The van der Waals surface area contributed by atoms with Gasteiger partial charge in [-0.25, -0.2) is 9.97 Å². The van der Waals surface area contributed by atoms with Crippen LogP contribution in [-0.2, 0) is 15.7 Å². The summed E-state index contributed by atoms with van der Waals surface area (Å²) >= 11 is 0. The number of hydrogen-bond donors (Lipinski definition) is 2. The smallest absolute Gasteiger partial charge is 0.227 e. The second kappa shape index (κ2) is 12.9. The number of nitrogens with one attached hydrogen (secondary N) is 2. The molecule has 2 saturated heterocycles. The minimum atomic E-state index is -1.94. The molecule has 42 heavy (non-hydrogen) atoms. The Labute approximate surface area is 252 Å². The highest BCUT2D eigenvalue weighted by molar-refractivity contribution is 6.74. The fourth-order valence-electron chi connectivity index (χ4n) is 4.98. The summed E-state index contributed by atoms with van der Waals surface area (Å²) in [5.41, 5.74) is 5.04. The highest BCUT2D eigenvalue weighted by atomic mass is 28.4. The monoisotopic (exact) mass is 589 g/mol. The average Bonchev–Trinajstić information content (AvgIpc) is 3.42. The quantitative estimate of drug-likeness (QED) is 0.302. The van der Waals surface area contributed by atoms with E-state index in [0.29, 0.717) is 18.5 Å². The van der Waals surface area contributed by atoms with Gasteiger partial charge in [-0.2, -0.15) is 10.4 Å². The first kappa shape index (κ1) is 31.7. The Morgan fingerprint density at radius 3 is 2.79 bits per heavy atom. The third-order valence-corrected chi connectivity index (χ3v) is 13.3. The molecule has 2 aromatic rings. The van der Waals surface area contributed by atoms with Crippen LogP contribution in [0.3, 0.4) is 0 Å². The van der Waals surface area contributed by atoms with Gasteiger partial charge in [0.05, 0.1) is 29.6 Å². The molecule has 0 bridgehead atoms. The molecule has 2 aromatic heterocycles. The number of aromatic nitrogens is 4. The Balaban J connectivity index is 1.57. The van der Waals surface area contributed by atoms with Crippen LogP contribution in [-0.4, -0.2) is 54.4 Å². The maximum Gasteiger partial charge on any atom is 0.227 e. The second-order valence-corrected chi connectivity index (χ2v) is 18.1. The lowest BCUT2D eigenvalue weighted by molar-refractivity contribution is 0.0601. The summed E-state index contributed by atoms with van der Waals surface area (Å²) in [5.74, 6) is 1.05. The van der Waals surface area contributed by atoms with Gasteiger partial charge in [0, 0.05) is 56.4 Å². The van der Waals surface area contributed by atoms with Gasteiger partial charge in [-0.15, -0.1) is 0 Å². The number of nitriles is 1. The molecule has 2 N–H and O–H groups in total. The van der Waals surface area contributed by atoms with E-state index in [2.05, 4.69) is 75.1 Å². The zero-order valence-electron chi connectivity index (χ0n) is 26.4. The normalized spacial score (nSPS) is 21.4. The van der Waals surface area contributed by atoms with Crippen LogP contribution in [0.2, 0.25) is 18.1 Å². The van der Waals surface area contributed by atoms with Gasteiger partial charge in [0.2, 0.25) is 5.95 Å². The van der Waals surface area contributed by atoms with E-state index >= 15 is 0 Å². The summed E-state index contributed by atoms with van der Waals surface area (Å²) in [5, 5.41) is 21.1. The van der Waals surface area contributed by atoms with Crippen molar-refractivity contribution in [3.63, 3.8) is 0 Å². The summed E-state index contributed by atoms with van der Waals surface area (Å²) in [6.45, 7) is 23.7. The lowest BCUT2D eigenvalue weighted by Gasteiger charge is -2.39. The van der Waals surface area contributed by atoms with Crippen molar-refractivity contribution in [3.05, 3.63) is 59.8 Å². The topological polar surface area (TPSA) is 110 Å². The minimum Gasteiger partial charge on any atom is -0.416 e. The van der Waals surface area contributed by atoms with Crippen molar-refractivity contribution >= 4 is 25.5 Å². The van der Waals surface area contributed by atoms with Crippen molar-refractivity contribution < 1.29 is 9.16 Å². The number of hydrogen-bond acceptors (Lipinski definition) is 8. The van der Waals surface area contributed by atoms with Gasteiger partial charge in [0.25, 0.3) is 0 Å². The van der Waals surface area contributed by atoms with E-state index in [0.717, 1.165) is 73.1 Å². The van der Waals surface area contributed by atoms with Crippen LogP contribution in [0, 0.1) is 29.6 Å². The zero-order chi connectivity index (χ0) is 30.5. The molecule has 0 spiro atoms. The van der Waals surface area contributed by atoms with Crippen LogP contribution >= 0.6 is 0 Å². The van der Waals surface area contributed by atoms with Gasteiger partial charge in [-0.05, 0) is 67.1 Å². The van der Waals surface area contributed by atoms with E-state index in [4.69, 9.17) is 19.2 Å². The second-order valence-electron chi connectivity index (χ2n) is 13.3. The first-order valence-electron chi connectivity index (χ1n) is 14.9. The van der Waals surface area contributed by atoms with E-state index in [1.807, 2.05) is 29.9 Å². The van der Waals surface area contributed by atoms with E-state index in [1.165, 1.54) is 0 Å².